The molecule has 0 bridgehead atoms. The zero-order valence-corrected chi connectivity index (χ0v) is 15.1. The summed E-state index contributed by atoms with van der Waals surface area (Å²) in [7, 11) is 1.07. The number of amides is 2. The van der Waals surface area contributed by atoms with Gasteiger partial charge in [-0.2, -0.15) is 0 Å². The van der Waals surface area contributed by atoms with Crippen LogP contribution in [0.25, 0.3) is 0 Å². The summed E-state index contributed by atoms with van der Waals surface area (Å²) in [4.78, 5) is 45.1. The molecule has 0 aliphatic carbocycles. The summed E-state index contributed by atoms with van der Waals surface area (Å²) < 4.78 is 22.1. The van der Waals surface area contributed by atoms with Crippen molar-refractivity contribution in [2.75, 3.05) is 12.3 Å². The predicted molar refractivity (Wildman–Crippen MR) is 87.4 cm³/mol. The first kappa shape index (κ1) is 16.6. The fourth-order valence-electron chi connectivity index (χ4n) is 1.33. The Hall–Kier alpha value is -1.25. The molecule has 2 amide bonds. The number of rotatable bonds is 11. The van der Waals surface area contributed by atoms with Crippen LogP contribution in [0.2, 0.25) is 11.4 Å². The van der Waals surface area contributed by atoms with E-state index in [1.807, 2.05) is 0 Å². The third-order valence-corrected chi connectivity index (χ3v) is 6.75. The Bertz CT molecular complexity index is 537. The molecule has 0 heterocycles. The van der Waals surface area contributed by atoms with Gasteiger partial charge in [-0.15, -0.1) is 0 Å². The van der Waals surface area contributed by atoms with Crippen molar-refractivity contribution in [1.29, 1.82) is 0 Å². The van der Waals surface area contributed by atoms with Gasteiger partial charge in [-0.25, -0.2) is 0 Å². The monoisotopic (exact) mass is 414 g/mol. The average Bonchev–Trinajstić information content (AvgIpc) is 2.52. The molecule has 23 heavy (non-hydrogen) atoms. The van der Waals surface area contributed by atoms with Crippen LogP contribution in [0.5, 0.6) is 0 Å². The molecule has 1 unspecified atom stereocenters. The van der Waals surface area contributed by atoms with Gasteiger partial charge in [-0.05, 0) is 0 Å². The molecule has 0 saturated heterocycles. The summed E-state index contributed by atoms with van der Waals surface area (Å²) in [6.07, 6.45) is -0.383. The summed E-state index contributed by atoms with van der Waals surface area (Å²) in [5, 5.41) is 21.8. The van der Waals surface area contributed by atoms with E-state index < -0.39 is 61.5 Å². The Kier molecular flexibility index (Phi) is 8.16. The van der Waals surface area contributed by atoms with Crippen LogP contribution in [0.15, 0.2) is 0 Å². The molecule has 132 valence electrons. The Morgan fingerprint density at radius 1 is 1.35 bits per heavy atom. The number of hydrogen-bond donors (Lipinski definition) is 5. The van der Waals surface area contributed by atoms with Crippen molar-refractivity contribution in [2.24, 2.45) is 5.73 Å². The quantitative estimate of drug-likeness (QED) is 0.265. The van der Waals surface area contributed by atoms with Crippen LogP contribution in [-0.2, 0) is 19.2 Å². The maximum atomic E-state index is 12.0. The number of aliphatic carboxylic acids is 2. The molecule has 0 saturated carbocycles. The first-order valence-electron chi connectivity index (χ1n) is 7.98. The summed E-state index contributed by atoms with van der Waals surface area (Å²) in [6.45, 7) is -0.646. The molecule has 3 atom stereocenters. The third kappa shape index (κ3) is 11.0. The first-order valence-corrected chi connectivity index (χ1v) is 12.5. The summed E-state index contributed by atoms with van der Waals surface area (Å²) >= 11 is -2.32. The summed E-state index contributed by atoms with van der Waals surface area (Å²) in [5.41, 5.74) is 4.77. The van der Waals surface area contributed by atoms with Gasteiger partial charge in [0.25, 0.3) is 0 Å². The number of carboxylic acid groups (broad SMARTS) is 2. The Morgan fingerprint density at radius 3 is 2.52 bits per heavy atom. The van der Waals surface area contributed by atoms with Gasteiger partial charge in [-0.1, -0.05) is 0 Å². The average molecular weight is 414 g/mol. The zero-order valence-electron chi connectivity index (χ0n) is 15.4. The van der Waals surface area contributed by atoms with Crippen molar-refractivity contribution in [3.05, 3.63) is 0 Å². The summed E-state index contributed by atoms with van der Waals surface area (Å²) in [5.74, 6) is -3.96. The van der Waals surface area contributed by atoms with E-state index in [9.17, 15) is 19.2 Å². The van der Waals surface area contributed by atoms with E-state index in [-0.39, 0.29) is 18.6 Å². The molecule has 9 nitrogen and oxygen atoms in total. The molecule has 0 aliphatic rings. The van der Waals surface area contributed by atoms with Crippen molar-refractivity contribution in [1.82, 2.24) is 10.6 Å². The number of carbonyl (C=O) groups excluding carboxylic acids is 2. The van der Waals surface area contributed by atoms with Crippen LogP contribution in [0, 0.1) is 0 Å². The van der Waals surface area contributed by atoms with Crippen LogP contribution < -0.4 is 16.4 Å². The van der Waals surface area contributed by atoms with Gasteiger partial charge in [0.2, 0.25) is 0 Å². The summed E-state index contributed by atoms with van der Waals surface area (Å²) in [6, 6.07) is -2.36. The van der Waals surface area contributed by atoms with Crippen LogP contribution in [0.4, 0.5) is 0 Å². The molecular formula is C12H22AsN3O6S. The normalized spacial score (nSPS) is 16.9. The number of nitrogens with one attached hydrogen (secondary N) is 2. The van der Waals surface area contributed by atoms with Crippen LogP contribution in [0.1, 0.15) is 17.0 Å². The standard InChI is InChI=1S/C12H22AsN3O6S/c1-13(2)23-6-8(11(20)15-5-10(18)19)16-9(17)4-3-7(14)12(21)22/h7-8H,3-6,14H2,1-2H3,(H,15,20)(H,16,17)(H,18,19)(H,21,22)/t7-,8-/m0/s1/i1D3/t7-,8-,13?. The van der Waals surface area contributed by atoms with E-state index in [4.69, 9.17) is 20.1 Å². The minimum absolute atomic E-state index is 0.0307. The number of nitrogens with two attached hydrogens (primary N) is 1. The van der Waals surface area contributed by atoms with Gasteiger partial charge in [0.15, 0.2) is 0 Å². The molecule has 0 spiro atoms. The molecule has 0 fully saturated rings. The number of hydrogen-bond acceptors (Lipinski definition) is 6. The Morgan fingerprint density at radius 2 is 2.00 bits per heavy atom. The third-order valence-electron chi connectivity index (χ3n) is 2.50. The van der Waals surface area contributed by atoms with E-state index in [0.29, 0.717) is 0 Å². The van der Waals surface area contributed by atoms with E-state index >= 15 is 0 Å². The van der Waals surface area contributed by atoms with Crippen molar-refractivity contribution < 1.29 is 33.5 Å². The Labute approximate surface area is 146 Å². The predicted octanol–water partition coefficient (Wildman–Crippen LogP) is -1.15. The second-order valence-electron chi connectivity index (χ2n) is 4.51. The van der Waals surface area contributed by atoms with Crippen molar-refractivity contribution in [3.8, 4) is 0 Å². The van der Waals surface area contributed by atoms with E-state index in [1.165, 1.54) is 0 Å². The van der Waals surface area contributed by atoms with Gasteiger partial charge in [0.05, 0.1) is 0 Å². The molecule has 0 rings (SSSR count). The van der Waals surface area contributed by atoms with Crippen molar-refractivity contribution in [2.45, 2.75) is 36.3 Å². The second kappa shape index (κ2) is 11.3. The minimum atomic E-state index is -2.32. The van der Waals surface area contributed by atoms with Crippen LogP contribution >= 0.6 is 10.0 Å². The van der Waals surface area contributed by atoms with E-state index in [0.717, 1.165) is 10.0 Å². The molecule has 0 aliphatic heterocycles. The van der Waals surface area contributed by atoms with E-state index in [1.54, 1.807) is 5.71 Å². The molecular weight excluding hydrogens is 389 g/mol. The van der Waals surface area contributed by atoms with Crippen molar-refractivity contribution in [3.63, 3.8) is 0 Å². The second-order valence-corrected chi connectivity index (χ2v) is 11.7. The fourth-order valence-corrected chi connectivity index (χ4v) is 4.28. The first-order chi connectivity index (χ1) is 11.8. The topological polar surface area (TPSA) is 159 Å². The fraction of sp³-hybridized carbons (Fsp3) is 0.667. The Balaban J connectivity index is 4.80. The van der Waals surface area contributed by atoms with E-state index in [2.05, 4.69) is 10.6 Å². The van der Waals surface area contributed by atoms with Gasteiger partial charge in [0, 0.05) is 0 Å². The molecule has 0 aromatic rings. The maximum absolute atomic E-state index is 12.0. The molecule has 6 N–H and O–H groups in total. The zero-order chi connectivity index (χ0) is 20.5. The molecule has 0 aromatic heterocycles. The van der Waals surface area contributed by atoms with Crippen LogP contribution in [-0.4, -0.2) is 71.8 Å². The van der Waals surface area contributed by atoms with Crippen molar-refractivity contribution >= 4 is 47.3 Å². The molecule has 0 radical (unpaired) electrons. The number of carbonyl (C=O) groups is 4. The van der Waals surface area contributed by atoms with Gasteiger partial charge < -0.3 is 0 Å². The number of carboxylic acids is 2. The SMILES string of the molecule is [2H]C([2H])([2H])[As](C)SC[C@H](NC(=O)CC[C@H](N)C(=O)O)C(=O)NCC(=O)O. The molecule has 0 aromatic carbocycles. The van der Waals surface area contributed by atoms with Gasteiger partial charge in [0.1, 0.15) is 0 Å². The van der Waals surface area contributed by atoms with Gasteiger partial charge in [-0.3, -0.25) is 0 Å². The molecule has 11 heteroatoms. The van der Waals surface area contributed by atoms with Crippen LogP contribution in [0.3, 0.4) is 0 Å². The van der Waals surface area contributed by atoms with Gasteiger partial charge >= 0.3 is 146 Å².